The Balaban J connectivity index is 2.39. The number of rotatable bonds is 9. The van der Waals surface area contributed by atoms with Crippen LogP contribution in [0.15, 0.2) is 54.6 Å². The van der Waals surface area contributed by atoms with Crippen molar-refractivity contribution < 1.29 is 24.2 Å². The zero-order valence-corrected chi connectivity index (χ0v) is 17.7. The molecule has 0 aliphatic rings. The van der Waals surface area contributed by atoms with E-state index in [2.05, 4.69) is 6.58 Å². The van der Waals surface area contributed by atoms with E-state index < -0.39 is 11.9 Å². The highest BCUT2D eigenvalue weighted by atomic mass is 16.5. The number of carbonyl (C=O) groups is 2. The van der Waals surface area contributed by atoms with Crippen LogP contribution in [0.5, 0.6) is 11.5 Å². The van der Waals surface area contributed by atoms with Crippen molar-refractivity contribution in [3.05, 3.63) is 76.9 Å². The molecule has 31 heavy (non-hydrogen) atoms. The summed E-state index contributed by atoms with van der Waals surface area (Å²) in [4.78, 5) is 24.5. The average Bonchev–Trinajstić information content (AvgIpc) is 2.76. The Morgan fingerprint density at radius 3 is 2.42 bits per heavy atom. The normalized spacial score (nSPS) is 10.7. The van der Waals surface area contributed by atoms with Crippen molar-refractivity contribution in [3.8, 4) is 17.6 Å². The van der Waals surface area contributed by atoms with E-state index in [4.69, 9.17) is 14.6 Å². The number of allylic oxidation sites excluding steroid dienone is 1. The van der Waals surface area contributed by atoms with Crippen LogP contribution in [0.4, 0.5) is 0 Å². The summed E-state index contributed by atoms with van der Waals surface area (Å²) < 4.78 is 11.5. The first-order chi connectivity index (χ1) is 14.8. The minimum atomic E-state index is -0.990. The topological polar surface area (TPSA) is 99.9 Å². The second kappa shape index (κ2) is 10.6. The number of aromatic carboxylic acids is 1. The molecule has 2 aromatic carbocycles. The third-order valence-electron chi connectivity index (χ3n) is 4.39. The largest absolute Gasteiger partial charge is 0.493 e. The zero-order chi connectivity index (χ0) is 23.0. The number of hydrogen-bond acceptors (Lipinski definition) is 5. The van der Waals surface area contributed by atoms with Crippen molar-refractivity contribution in [2.24, 2.45) is 0 Å². The fourth-order valence-electron chi connectivity index (χ4n) is 2.84. The van der Waals surface area contributed by atoms with Gasteiger partial charge in [0.25, 0.3) is 5.91 Å². The summed E-state index contributed by atoms with van der Waals surface area (Å²) in [6.45, 7) is 3.98. The Morgan fingerprint density at radius 2 is 1.90 bits per heavy atom. The van der Waals surface area contributed by atoms with E-state index in [1.165, 1.54) is 30.2 Å². The van der Waals surface area contributed by atoms with Crippen LogP contribution in [0.2, 0.25) is 0 Å². The number of benzene rings is 2. The highest BCUT2D eigenvalue weighted by molar-refractivity contribution is 6.01. The molecule has 0 aliphatic heterocycles. The van der Waals surface area contributed by atoms with Crippen molar-refractivity contribution in [3.63, 3.8) is 0 Å². The van der Waals surface area contributed by atoms with E-state index in [1.807, 2.05) is 12.1 Å². The van der Waals surface area contributed by atoms with Crippen molar-refractivity contribution in [1.29, 1.82) is 5.26 Å². The van der Waals surface area contributed by atoms with Gasteiger partial charge in [0.15, 0.2) is 11.5 Å². The van der Waals surface area contributed by atoms with Crippen molar-refractivity contribution in [2.45, 2.75) is 13.0 Å². The second-order valence-electron chi connectivity index (χ2n) is 6.86. The third kappa shape index (κ3) is 5.97. The van der Waals surface area contributed by atoms with Gasteiger partial charge >= 0.3 is 5.97 Å². The van der Waals surface area contributed by atoms with Crippen LogP contribution in [0.25, 0.3) is 6.08 Å². The maximum Gasteiger partial charge on any atom is 0.335 e. The highest BCUT2D eigenvalue weighted by Gasteiger charge is 2.15. The standard InChI is InChI=1S/C24H24N2O5/c1-5-6-19-11-17(12-20(14-25)23(27)26(2)3)13-21(30-4)22(19)31-15-16-7-9-18(10-8-16)24(28)29/h5,7-13H,1,6,15H2,2-4H3,(H,28,29)/b20-12-. The molecule has 7 heteroatoms. The van der Waals surface area contributed by atoms with Gasteiger partial charge in [-0.05, 0) is 47.9 Å². The molecular formula is C24H24N2O5. The van der Waals surface area contributed by atoms with Crippen LogP contribution in [-0.2, 0) is 17.8 Å². The molecule has 0 unspecified atom stereocenters. The lowest BCUT2D eigenvalue weighted by atomic mass is 10.0. The van der Waals surface area contributed by atoms with Gasteiger partial charge in [-0.2, -0.15) is 5.26 Å². The van der Waals surface area contributed by atoms with E-state index in [-0.39, 0.29) is 17.7 Å². The molecule has 1 amide bonds. The number of nitriles is 1. The Hall–Kier alpha value is -4.05. The first-order valence-electron chi connectivity index (χ1n) is 9.41. The Labute approximate surface area is 181 Å². The van der Waals surface area contributed by atoms with E-state index in [9.17, 15) is 14.9 Å². The van der Waals surface area contributed by atoms with E-state index in [0.29, 0.717) is 23.5 Å². The molecule has 0 saturated heterocycles. The van der Waals surface area contributed by atoms with Crippen LogP contribution in [0, 0.1) is 11.3 Å². The van der Waals surface area contributed by atoms with Gasteiger partial charge in [0.05, 0.1) is 12.7 Å². The lowest BCUT2D eigenvalue weighted by molar-refractivity contribution is -0.124. The fourth-order valence-corrected chi connectivity index (χ4v) is 2.84. The predicted molar refractivity (Wildman–Crippen MR) is 117 cm³/mol. The molecule has 0 fully saturated rings. The van der Waals surface area contributed by atoms with E-state index in [1.54, 1.807) is 38.4 Å². The molecule has 2 rings (SSSR count). The number of carboxylic acid groups (broad SMARTS) is 1. The Bertz CT molecular complexity index is 1050. The average molecular weight is 420 g/mol. The molecule has 0 bridgehead atoms. The number of carbonyl (C=O) groups excluding carboxylic acids is 1. The van der Waals surface area contributed by atoms with Crippen molar-refractivity contribution >= 4 is 18.0 Å². The van der Waals surface area contributed by atoms with E-state index >= 15 is 0 Å². The number of nitrogens with zero attached hydrogens (tertiary/aromatic N) is 2. The number of amides is 1. The first kappa shape index (κ1) is 23.2. The monoisotopic (exact) mass is 420 g/mol. The molecule has 2 aromatic rings. The predicted octanol–water partition coefficient (Wildman–Crippen LogP) is 3.70. The van der Waals surface area contributed by atoms with Crippen LogP contribution in [-0.4, -0.2) is 43.1 Å². The minimum Gasteiger partial charge on any atom is -0.493 e. The lowest BCUT2D eigenvalue weighted by Gasteiger charge is -2.16. The van der Waals surface area contributed by atoms with Gasteiger partial charge < -0.3 is 19.5 Å². The summed E-state index contributed by atoms with van der Waals surface area (Å²) in [5.41, 5.74) is 2.40. The SMILES string of the molecule is C=CCc1cc(/C=C(/C#N)C(=O)N(C)C)cc(OC)c1OCc1ccc(C(=O)O)cc1. The Morgan fingerprint density at radius 1 is 1.23 bits per heavy atom. The van der Waals surface area contributed by atoms with Crippen LogP contribution in [0.1, 0.15) is 27.0 Å². The summed E-state index contributed by atoms with van der Waals surface area (Å²) in [6.07, 6.45) is 3.70. The molecule has 0 aromatic heterocycles. The van der Waals surface area contributed by atoms with Gasteiger partial charge in [-0.1, -0.05) is 18.2 Å². The quantitative estimate of drug-likeness (QED) is 0.377. The van der Waals surface area contributed by atoms with Gasteiger partial charge in [0.1, 0.15) is 18.2 Å². The molecular weight excluding hydrogens is 396 g/mol. The molecule has 0 radical (unpaired) electrons. The lowest BCUT2D eigenvalue weighted by Crippen LogP contribution is -2.22. The molecule has 0 spiro atoms. The molecule has 0 atom stereocenters. The van der Waals surface area contributed by atoms with Gasteiger partial charge in [-0.15, -0.1) is 6.58 Å². The highest BCUT2D eigenvalue weighted by Crippen LogP contribution is 2.35. The van der Waals surface area contributed by atoms with Gasteiger partial charge in [-0.25, -0.2) is 4.79 Å². The molecule has 0 aliphatic carbocycles. The second-order valence-corrected chi connectivity index (χ2v) is 6.86. The summed E-state index contributed by atoms with van der Waals surface area (Å²) in [5.74, 6) is -0.422. The summed E-state index contributed by atoms with van der Waals surface area (Å²) in [5, 5.41) is 18.4. The first-order valence-corrected chi connectivity index (χ1v) is 9.41. The van der Waals surface area contributed by atoms with Crippen LogP contribution < -0.4 is 9.47 Å². The fraction of sp³-hybridized carbons (Fsp3) is 0.208. The smallest absolute Gasteiger partial charge is 0.335 e. The van der Waals surface area contributed by atoms with Gasteiger partial charge in [-0.3, -0.25) is 4.79 Å². The van der Waals surface area contributed by atoms with Crippen LogP contribution in [0.3, 0.4) is 0 Å². The zero-order valence-electron chi connectivity index (χ0n) is 17.7. The molecule has 1 N–H and O–H groups in total. The van der Waals surface area contributed by atoms with Crippen molar-refractivity contribution in [1.82, 2.24) is 4.90 Å². The number of carboxylic acids is 1. The number of hydrogen-bond donors (Lipinski definition) is 1. The number of likely N-dealkylation sites (N-methyl/N-ethyl adjacent to an activating group) is 1. The minimum absolute atomic E-state index is 0.00351. The van der Waals surface area contributed by atoms with Gasteiger partial charge in [0, 0.05) is 19.7 Å². The molecule has 160 valence electrons. The number of ether oxygens (including phenoxy) is 2. The summed E-state index contributed by atoms with van der Waals surface area (Å²) in [6, 6.07) is 11.8. The number of methoxy groups -OCH3 is 1. The third-order valence-corrected chi connectivity index (χ3v) is 4.39. The van der Waals surface area contributed by atoms with Crippen LogP contribution >= 0.6 is 0 Å². The molecule has 0 saturated carbocycles. The molecule has 0 heterocycles. The van der Waals surface area contributed by atoms with Crippen molar-refractivity contribution in [2.75, 3.05) is 21.2 Å². The summed E-state index contributed by atoms with van der Waals surface area (Å²) >= 11 is 0. The maximum atomic E-state index is 12.2. The van der Waals surface area contributed by atoms with Gasteiger partial charge in [0.2, 0.25) is 0 Å². The molecule has 7 nitrogen and oxygen atoms in total. The summed E-state index contributed by atoms with van der Waals surface area (Å²) in [7, 11) is 4.67. The Kier molecular flexibility index (Phi) is 7.98. The van der Waals surface area contributed by atoms with E-state index in [0.717, 1.165) is 11.1 Å². The maximum absolute atomic E-state index is 12.2.